The van der Waals surface area contributed by atoms with E-state index in [1.165, 1.54) is 77.5 Å². The summed E-state index contributed by atoms with van der Waals surface area (Å²) in [6, 6.07) is 55.5. The second-order valence-corrected chi connectivity index (χ2v) is 14.9. The van der Waals surface area contributed by atoms with Gasteiger partial charge in [-0.05, 0) is 133 Å². The molecule has 0 aromatic heterocycles. The summed E-state index contributed by atoms with van der Waals surface area (Å²) < 4.78 is 0. The highest BCUT2D eigenvalue weighted by Gasteiger charge is 2.38. The molecule has 2 heteroatoms. The second-order valence-electron chi connectivity index (χ2n) is 14.9. The molecule has 262 valence electrons. The standard InChI is InChI=1S/C53H40N2/c1-35-16-17-43-32-45(25-24-42(43)30-35)53(48-15-9-8-14-47(48)36(2)40-23-20-37-10-6-7-11-41(37)31-40)39-21-18-38(19-22-39)44-26-27-51-49(33-44)50-34-54-29-28-52(50)55(51)46-12-4-3-5-13-46/h3-21,23-34,50,52H,2,22H2,1H3/b53-39-. The molecule has 0 spiro atoms. The van der Waals surface area contributed by atoms with Crippen molar-refractivity contribution < 1.29 is 0 Å². The van der Waals surface area contributed by atoms with Crippen molar-refractivity contribution >= 4 is 55.9 Å². The number of fused-ring (bicyclic) bond motifs is 5. The van der Waals surface area contributed by atoms with Crippen LogP contribution in [0.5, 0.6) is 0 Å². The maximum atomic E-state index is 4.71. The molecule has 3 aliphatic rings. The average Bonchev–Trinajstić information content (AvgIpc) is 3.58. The fourth-order valence-corrected chi connectivity index (χ4v) is 8.76. The Morgan fingerprint density at radius 1 is 0.655 bits per heavy atom. The number of hydrogen-bond acceptors (Lipinski definition) is 2. The monoisotopic (exact) mass is 704 g/mol. The normalized spacial score (nSPS) is 18.0. The maximum absolute atomic E-state index is 4.71. The third-order valence-electron chi connectivity index (χ3n) is 11.5. The van der Waals surface area contributed by atoms with Gasteiger partial charge in [-0.25, -0.2) is 0 Å². The van der Waals surface area contributed by atoms with Crippen LogP contribution < -0.4 is 4.90 Å². The Kier molecular flexibility index (Phi) is 8.11. The number of rotatable bonds is 6. The minimum atomic E-state index is 0.208. The number of nitrogens with zero attached hydrogens (tertiary/aromatic N) is 2. The lowest BCUT2D eigenvalue weighted by Crippen LogP contribution is -2.29. The van der Waals surface area contributed by atoms with E-state index < -0.39 is 0 Å². The van der Waals surface area contributed by atoms with Crippen LogP contribution in [0.3, 0.4) is 0 Å². The predicted molar refractivity (Wildman–Crippen MR) is 234 cm³/mol. The molecule has 2 atom stereocenters. The van der Waals surface area contributed by atoms with Crippen LogP contribution >= 0.6 is 0 Å². The Morgan fingerprint density at radius 2 is 1.36 bits per heavy atom. The van der Waals surface area contributed by atoms with E-state index in [0.717, 1.165) is 23.1 Å². The number of hydrogen-bond donors (Lipinski definition) is 0. The van der Waals surface area contributed by atoms with Gasteiger partial charge in [-0.15, -0.1) is 0 Å². The van der Waals surface area contributed by atoms with Gasteiger partial charge >= 0.3 is 0 Å². The Hall–Kier alpha value is -6.77. The Bertz CT molecular complexity index is 2830. The van der Waals surface area contributed by atoms with E-state index in [0.29, 0.717) is 0 Å². The molecule has 0 amide bonds. The zero-order valence-corrected chi connectivity index (χ0v) is 30.9. The fraction of sp³-hybridized carbons (Fsp3) is 0.0755. The lowest BCUT2D eigenvalue weighted by molar-refractivity contribution is 0.780. The summed E-state index contributed by atoms with van der Waals surface area (Å²) in [4.78, 5) is 7.03. The molecule has 7 aromatic carbocycles. The van der Waals surface area contributed by atoms with Gasteiger partial charge in [-0.2, -0.15) is 0 Å². The first kappa shape index (κ1) is 32.8. The first-order chi connectivity index (χ1) is 27.1. The van der Waals surface area contributed by atoms with Crippen molar-refractivity contribution in [3.05, 3.63) is 233 Å². The predicted octanol–water partition coefficient (Wildman–Crippen LogP) is 13.4. The molecule has 0 bridgehead atoms. The lowest BCUT2D eigenvalue weighted by Gasteiger charge is -2.28. The van der Waals surface area contributed by atoms with E-state index in [1.807, 2.05) is 6.20 Å². The average molecular weight is 705 g/mol. The van der Waals surface area contributed by atoms with E-state index in [1.54, 1.807) is 0 Å². The maximum Gasteiger partial charge on any atom is 0.0659 e. The summed E-state index contributed by atoms with van der Waals surface area (Å²) in [7, 11) is 0. The van der Waals surface area contributed by atoms with Crippen LogP contribution in [0.1, 0.15) is 51.3 Å². The second kappa shape index (κ2) is 13.6. The summed E-state index contributed by atoms with van der Waals surface area (Å²) in [5.74, 6) is 0.208. The smallest absolute Gasteiger partial charge is 0.0659 e. The molecule has 2 heterocycles. The molecule has 1 aliphatic carbocycles. The molecule has 0 N–H and O–H groups in total. The van der Waals surface area contributed by atoms with E-state index in [2.05, 4.69) is 199 Å². The first-order valence-corrected chi connectivity index (χ1v) is 19.2. The Morgan fingerprint density at radius 3 is 2.22 bits per heavy atom. The molecule has 2 aliphatic heterocycles. The topological polar surface area (TPSA) is 15.6 Å². The quantitative estimate of drug-likeness (QED) is 0.168. The summed E-state index contributed by atoms with van der Waals surface area (Å²) in [6.45, 7) is 6.86. The highest BCUT2D eigenvalue weighted by atomic mass is 15.2. The number of para-hydroxylation sites is 1. The first-order valence-electron chi connectivity index (χ1n) is 19.2. The lowest BCUT2D eigenvalue weighted by atomic mass is 9.83. The van der Waals surface area contributed by atoms with Crippen LogP contribution in [-0.2, 0) is 0 Å². The number of benzene rings is 7. The molecule has 0 fully saturated rings. The highest BCUT2D eigenvalue weighted by molar-refractivity contribution is 5.98. The third kappa shape index (κ3) is 5.88. The largest absolute Gasteiger partial charge is 0.333 e. The molecule has 10 rings (SSSR count). The molecule has 55 heavy (non-hydrogen) atoms. The van der Waals surface area contributed by atoms with Crippen LogP contribution in [0.15, 0.2) is 199 Å². The third-order valence-corrected chi connectivity index (χ3v) is 11.5. The number of aliphatic imine (C=N–C) groups is 1. The van der Waals surface area contributed by atoms with Gasteiger partial charge in [0, 0.05) is 29.7 Å². The van der Waals surface area contributed by atoms with Crippen LogP contribution in [-0.4, -0.2) is 12.3 Å². The van der Waals surface area contributed by atoms with Crippen molar-refractivity contribution in [2.75, 3.05) is 4.90 Å². The number of aryl methyl sites for hydroxylation is 1. The van der Waals surface area contributed by atoms with Crippen LogP contribution in [0.4, 0.5) is 11.4 Å². The zero-order chi connectivity index (χ0) is 36.9. The van der Waals surface area contributed by atoms with E-state index in [-0.39, 0.29) is 12.0 Å². The van der Waals surface area contributed by atoms with E-state index in [9.17, 15) is 0 Å². The van der Waals surface area contributed by atoms with E-state index >= 15 is 0 Å². The number of allylic oxidation sites excluding steroid dienone is 5. The van der Waals surface area contributed by atoms with Gasteiger partial charge in [-0.3, -0.25) is 4.99 Å². The minimum Gasteiger partial charge on any atom is -0.333 e. The zero-order valence-electron chi connectivity index (χ0n) is 30.9. The van der Waals surface area contributed by atoms with Crippen LogP contribution in [0.2, 0.25) is 0 Å². The van der Waals surface area contributed by atoms with Gasteiger partial charge in [0.15, 0.2) is 0 Å². The fourth-order valence-electron chi connectivity index (χ4n) is 8.76. The van der Waals surface area contributed by atoms with Crippen molar-refractivity contribution in [1.82, 2.24) is 0 Å². The van der Waals surface area contributed by atoms with Crippen molar-refractivity contribution in [3.8, 4) is 0 Å². The minimum absolute atomic E-state index is 0.208. The molecule has 2 unspecified atom stereocenters. The van der Waals surface area contributed by atoms with Crippen molar-refractivity contribution in [1.29, 1.82) is 0 Å². The molecule has 2 nitrogen and oxygen atoms in total. The van der Waals surface area contributed by atoms with E-state index in [4.69, 9.17) is 6.58 Å². The molecule has 0 radical (unpaired) electrons. The van der Waals surface area contributed by atoms with Crippen molar-refractivity contribution in [2.24, 2.45) is 4.99 Å². The van der Waals surface area contributed by atoms with Crippen LogP contribution in [0.25, 0.3) is 38.3 Å². The Labute approximate surface area is 323 Å². The summed E-state index contributed by atoms with van der Waals surface area (Å²) in [5.41, 5.74) is 15.8. The van der Waals surface area contributed by atoms with Gasteiger partial charge in [0.2, 0.25) is 0 Å². The van der Waals surface area contributed by atoms with Gasteiger partial charge in [0.25, 0.3) is 0 Å². The van der Waals surface area contributed by atoms with Crippen molar-refractivity contribution in [3.63, 3.8) is 0 Å². The number of anilines is 2. The van der Waals surface area contributed by atoms with Crippen LogP contribution in [0, 0.1) is 6.92 Å². The highest BCUT2D eigenvalue weighted by Crippen LogP contribution is 2.47. The summed E-state index contributed by atoms with van der Waals surface area (Å²) in [6.07, 6.45) is 14.1. The SMILES string of the molecule is C=C(c1ccc2ccccc2c1)c1ccccc1/C(=C1/C=CC(c2ccc3c(c2)C2C=NC=CC2N3c2ccccc2)=CC1)c1ccc2cc(C)ccc2c1. The summed E-state index contributed by atoms with van der Waals surface area (Å²) >= 11 is 0. The van der Waals surface area contributed by atoms with Gasteiger partial charge in [-0.1, -0.05) is 146 Å². The molecule has 0 saturated heterocycles. The van der Waals surface area contributed by atoms with Gasteiger partial charge < -0.3 is 4.90 Å². The van der Waals surface area contributed by atoms with Crippen molar-refractivity contribution in [2.45, 2.75) is 25.3 Å². The molecular weight excluding hydrogens is 665 g/mol. The van der Waals surface area contributed by atoms with Gasteiger partial charge in [0.05, 0.1) is 6.04 Å². The summed E-state index contributed by atoms with van der Waals surface area (Å²) in [5, 5.41) is 4.95. The molecule has 0 saturated carbocycles. The molecular formula is C53H40N2. The molecule has 7 aromatic rings. The Balaban J connectivity index is 1.06. The van der Waals surface area contributed by atoms with Gasteiger partial charge in [0.1, 0.15) is 0 Å².